The fourth-order valence-electron chi connectivity index (χ4n) is 2.59. The highest BCUT2D eigenvalue weighted by Crippen LogP contribution is 2.27. The fourth-order valence-corrected chi connectivity index (χ4v) is 2.59. The predicted octanol–water partition coefficient (Wildman–Crippen LogP) is 4.60. The van der Waals surface area contributed by atoms with E-state index < -0.39 is 0 Å². The summed E-state index contributed by atoms with van der Waals surface area (Å²) in [6.45, 7) is 0. The molecule has 0 aliphatic carbocycles. The largest absolute Gasteiger partial charge is 0.508 e. The molecule has 0 amide bonds. The SMILES string of the molecule is Oc1ccc(-c2cccc(-c3nc4ccccc4[nH]3)c2)cc1. The maximum absolute atomic E-state index is 9.40. The number of nitrogens with zero attached hydrogens (tertiary/aromatic N) is 1. The monoisotopic (exact) mass is 286 g/mol. The van der Waals surface area contributed by atoms with Gasteiger partial charge in [0.2, 0.25) is 0 Å². The van der Waals surface area contributed by atoms with E-state index in [9.17, 15) is 5.11 Å². The van der Waals surface area contributed by atoms with Crippen molar-refractivity contribution in [1.82, 2.24) is 9.97 Å². The summed E-state index contributed by atoms with van der Waals surface area (Å²) in [6.07, 6.45) is 0. The van der Waals surface area contributed by atoms with Crippen molar-refractivity contribution >= 4 is 11.0 Å². The third-order valence-corrected chi connectivity index (χ3v) is 3.73. The van der Waals surface area contributed by atoms with Gasteiger partial charge in [-0.25, -0.2) is 4.98 Å². The molecule has 0 aliphatic heterocycles. The smallest absolute Gasteiger partial charge is 0.138 e. The lowest BCUT2D eigenvalue weighted by Gasteiger charge is -2.04. The summed E-state index contributed by atoms with van der Waals surface area (Å²) in [5.74, 6) is 1.14. The molecule has 0 atom stereocenters. The number of nitrogens with one attached hydrogen (secondary N) is 1. The lowest BCUT2D eigenvalue weighted by atomic mass is 10.0. The number of para-hydroxylation sites is 2. The zero-order valence-electron chi connectivity index (χ0n) is 11.8. The molecule has 1 heterocycles. The summed E-state index contributed by atoms with van der Waals surface area (Å²) in [5, 5.41) is 9.40. The summed E-state index contributed by atoms with van der Waals surface area (Å²) in [5.41, 5.74) is 5.20. The van der Waals surface area contributed by atoms with Crippen LogP contribution in [-0.4, -0.2) is 15.1 Å². The fraction of sp³-hybridized carbons (Fsp3) is 0. The van der Waals surface area contributed by atoms with Crippen LogP contribution in [0.25, 0.3) is 33.5 Å². The van der Waals surface area contributed by atoms with Crippen LogP contribution >= 0.6 is 0 Å². The summed E-state index contributed by atoms with van der Waals surface area (Å²) < 4.78 is 0. The van der Waals surface area contributed by atoms with Crippen LogP contribution in [0.15, 0.2) is 72.8 Å². The normalized spacial score (nSPS) is 10.9. The molecule has 4 aromatic rings. The van der Waals surface area contributed by atoms with Gasteiger partial charge < -0.3 is 10.1 Å². The van der Waals surface area contributed by atoms with Gasteiger partial charge in [0, 0.05) is 5.56 Å². The van der Waals surface area contributed by atoms with E-state index in [-0.39, 0.29) is 5.75 Å². The van der Waals surface area contributed by atoms with Crippen molar-refractivity contribution in [2.75, 3.05) is 0 Å². The van der Waals surface area contributed by atoms with E-state index in [0.717, 1.165) is 33.5 Å². The van der Waals surface area contributed by atoms with Gasteiger partial charge in [-0.3, -0.25) is 0 Å². The minimum absolute atomic E-state index is 0.275. The first-order valence-electron chi connectivity index (χ1n) is 7.14. The second kappa shape index (κ2) is 5.04. The quantitative estimate of drug-likeness (QED) is 0.565. The van der Waals surface area contributed by atoms with E-state index in [4.69, 9.17) is 0 Å². The molecule has 106 valence electrons. The standard InChI is InChI=1S/C19H14N2O/c22-16-10-8-13(9-11-16)14-4-3-5-15(12-14)19-20-17-6-1-2-7-18(17)21-19/h1-12,22H,(H,20,21). The van der Waals surface area contributed by atoms with Crippen LogP contribution in [0.3, 0.4) is 0 Å². The topological polar surface area (TPSA) is 48.9 Å². The van der Waals surface area contributed by atoms with Gasteiger partial charge in [-0.1, -0.05) is 42.5 Å². The second-order valence-corrected chi connectivity index (χ2v) is 5.23. The Morgan fingerprint density at radius 1 is 0.727 bits per heavy atom. The van der Waals surface area contributed by atoms with Crippen LogP contribution < -0.4 is 0 Å². The third-order valence-electron chi connectivity index (χ3n) is 3.73. The number of aromatic amines is 1. The van der Waals surface area contributed by atoms with E-state index in [1.807, 2.05) is 48.5 Å². The Balaban J connectivity index is 1.79. The van der Waals surface area contributed by atoms with Crippen molar-refractivity contribution in [1.29, 1.82) is 0 Å². The molecule has 0 radical (unpaired) electrons. The van der Waals surface area contributed by atoms with Gasteiger partial charge in [0.1, 0.15) is 11.6 Å². The molecule has 22 heavy (non-hydrogen) atoms. The molecular weight excluding hydrogens is 272 g/mol. The van der Waals surface area contributed by atoms with Crippen LogP contribution in [0, 0.1) is 0 Å². The summed E-state index contributed by atoms with van der Waals surface area (Å²) in [4.78, 5) is 7.98. The molecular formula is C19H14N2O. The van der Waals surface area contributed by atoms with Gasteiger partial charge in [0.25, 0.3) is 0 Å². The van der Waals surface area contributed by atoms with Gasteiger partial charge in [0.05, 0.1) is 11.0 Å². The first-order chi connectivity index (χ1) is 10.8. The number of rotatable bonds is 2. The zero-order chi connectivity index (χ0) is 14.9. The highest BCUT2D eigenvalue weighted by atomic mass is 16.3. The van der Waals surface area contributed by atoms with Crippen molar-refractivity contribution in [3.05, 3.63) is 72.8 Å². The average molecular weight is 286 g/mol. The molecule has 2 N–H and O–H groups in total. The number of fused-ring (bicyclic) bond motifs is 1. The molecule has 0 unspecified atom stereocenters. The molecule has 0 aliphatic rings. The molecule has 0 bridgehead atoms. The number of benzene rings is 3. The van der Waals surface area contributed by atoms with E-state index in [2.05, 4.69) is 22.1 Å². The van der Waals surface area contributed by atoms with Crippen LogP contribution in [0.4, 0.5) is 0 Å². The third kappa shape index (κ3) is 2.23. The Bertz CT molecular complexity index is 906. The summed E-state index contributed by atoms with van der Waals surface area (Å²) in [6, 6.07) is 23.4. The van der Waals surface area contributed by atoms with Crippen LogP contribution in [0.1, 0.15) is 0 Å². The number of hydrogen-bond donors (Lipinski definition) is 2. The van der Waals surface area contributed by atoms with Gasteiger partial charge in [-0.15, -0.1) is 0 Å². The Morgan fingerprint density at radius 3 is 2.32 bits per heavy atom. The maximum Gasteiger partial charge on any atom is 0.138 e. The van der Waals surface area contributed by atoms with E-state index in [1.165, 1.54) is 0 Å². The molecule has 0 saturated heterocycles. The van der Waals surface area contributed by atoms with Gasteiger partial charge in [-0.2, -0.15) is 0 Å². The predicted molar refractivity (Wildman–Crippen MR) is 88.6 cm³/mol. The Hall–Kier alpha value is -3.07. The van der Waals surface area contributed by atoms with E-state index in [0.29, 0.717) is 0 Å². The highest BCUT2D eigenvalue weighted by Gasteiger charge is 2.06. The Labute approximate surface area is 127 Å². The molecule has 0 fully saturated rings. The number of H-pyrrole nitrogens is 1. The molecule has 3 nitrogen and oxygen atoms in total. The first-order valence-corrected chi connectivity index (χ1v) is 7.14. The first kappa shape index (κ1) is 12.7. The summed E-state index contributed by atoms with van der Waals surface area (Å²) >= 11 is 0. The van der Waals surface area contributed by atoms with Crippen LogP contribution in [0.2, 0.25) is 0 Å². The average Bonchev–Trinajstić information content (AvgIpc) is 3.00. The Morgan fingerprint density at radius 2 is 1.50 bits per heavy atom. The van der Waals surface area contributed by atoms with Crippen molar-refractivity contribution in [3.8, 4) is 28.3 Å². The number of hydrogen-bond acceptors (Lipinski definition) is 2. The van der Waals surface area contributed by atoms with Crippen molar-refractivity contribution in [2.24, 2.45) is 0 Å². The molecule has 4 rings (SSSR count). The minimum atomic E-state index is 0.275. The number of imidazole rings is 1. The molecule has 0 spiro atoms. The second-order valence-electron chi connectivity index (χ2n) is 5.23. The van der Waals surface area contributed by atoms with Crippen molar-refractivity contribution in [3.63, 3.8) is 0 Å². The lowest BCUT2D eigenvalue weighted by Crippen LogP contribution is -1.83. The molecule has 1 aromatic heterocycles. The van der Waals surface area contributed by atoms with E-state index in [1.54, 1.807) is 12.1 Å². The number of aromatic nitrogens is 2. The maximum atomic E-state index is 9.40. The molecule has 0 saturated carbocycles. The van der Waals surface area contributed by atoms with Crippen molar-refractivity contribution in [2.45, 2.75) is 0 Å². The Kier molecular flexibility index (Phi) is 2.90. The number of phenolic OH excluding ortho intramolecular Hbond substituents is 1. The molecule has 3 aromatic carbocycles. The highest BCUT2D eigenvalue weighted by molar-refractivity contribution is 5.80. The number of aromatic hydroxyl groups is 1. The van der Waals surface area contributed by atoms with Crippen molar-refractivity contribution < 1.29 is 5.11 Å². The molecule has 3 heteroatoms. The minimum Gasteiger partial charge on any atom is -0.508 e. The van der Waals surface area contributed by atoms with E-state index >= 15 is 0 Å². The van der Waals surface area contributed by atoms with Crippen LogP contribution in [0.5, 0.6) is 5.75 Å². The zero-order valence-corrected chi connectivity index (χ0v) is 11.8. The van der Waals surface area contributed by atoms with Gasteiger partial charge in [-0.05, 0) is 41.5 Å². The number of phenols is 1. The van der Waals surface area contributed by atoms with Crippen LogP contribution in [-0.2, 0) is 0 Å². The summed E-state index contributed by atoms with van der Waals surface area (Å²) in [7, 11) is 0. The van der Waals surface area contributed by atoms with Gasteiger partial charge >= 0.3 is 0 Å². The van der Waals surface area contributed by atoms with Gasteiger partial charge in [0.15, 0.2) is 0 Å². The lowest BCUT2D eigenvalue weighted by molar-refractivity contribution is 0.475.